The third-order valence-electron chi connectivity index (χ3n) is 9.20. The molecule has 9 aromatic rings. The maximum absolute atomic E-state index is 4.94. The van der Waals surface area contributed by atoms with E-state index in [1.165, 1.54) is 65.3 Å². The van der Waals surface area contributed by atoms with Crippen LogP contribution in [0.15, 0.2) is 170 Å². The van der Waals surface area contributed by atoms with E-state index in [0.717, 1.165) is 22.4 Å². The molecule has 0 aliphatic carbocycles. The molecule has 2 heterocycles. The monoisotopic (exact) mass is 584 g/mol. The highest BCUT2D eigenvalue weighted by atomic mass is 14.7. The minimum atomic E-state index is 0.943. The molecule has 214 valence electrons. The lowest BCUT2D eigenvalue weighted by Crippen LogP contribution is -1.93. The van der Waals surface area contributed by atoms with Gasteiger partial charge in [0.25, 0.3) is 0 Å². The molecule has 0 atom stereocenters. The van der Waals surface area contributed by atoms with Gasteiger partial charge in [-0.05, 0) is 83.5 Å². The Labute approximate surface area is 267 Å². The van der Waals surface area contributed by atoms with Gasteiger partial charge in [-0.3, -0.25) is 9.97 Å². The van der Waals surface area contributed by atoms with Crippen molar-refractivity contribution in [3.05, 3.63) is 170 Å². The quantitative estimate of drug-likeness (QED) is 0.192. The van der Waals surface area contributed by atoms with E-state index in [1.807, 2.05) is 18.5 Å². The molecule has 0 fully saturated rings. The largest absolute Gasteiger partial charge is 0.264 e. The number of rotatable bonds is 4. The second-order valence-corrected chi connectivity index (χ2v) is 11.8. The first-order chi connectivity index (χ1) is 22.8. The molecule has 0 saturated carbocycles. The van der Waals surface area contributed by atoms with E-state index in [0.29, 0.717) is 0 Å². The predicted molar refractivity (Wildman–Crippen MR) is 194 cm³/mol. The lowest BCUT2D eigenvalue weighted by Gasteiger charge is -2.20. The summed E-state index contributed by atoms with van der Waals surface area (Å²) < 4.78 is 0. The smallest absolute Gasteiger partial charge is 0.0702 e. The van der Waals surface area contributed by atoms with Gasteiger partial charge in [0, 0.05) is 35.3 Å². The number of aromatic nitrogens is 2. The van der Waals surface area contributed by atoms with Crippen LogP contribution in [0.25, 0.3) is 87.7 Å². The zero-order chi connectivity index (χ0) is 30.5. The first kappa shape index (κ1) is 26.3. The Hall–Kier alpha value is -6.12. The van der Waals surface area contributed by atoms with Crippen molar-refractivity contribution in [2.24, 2.45) is 0 Å². The van der Waals surface area contributed by atoms with E-state index >= 15 is 0 Å². The molecule has 9 rings (SSSR count). The second kappa shape index (κ2) is 10.8. The van der Waals surface area contributed by atoms with Crippen molar-refractivity contribution >= 4 is 43.1 Å². The standard InChI is InChI=1S/C44H28N2/c1-3-15-34-29(10-1)12-7-19-36(34)43-38-17-5-6-18-39(38)44(37-20-8-13-30-11-2-4-16-35(30)37)41-26-31(21-23-40(41)43)42-24-22-33(28-46-42)32-14-9-25-45-27-32/h1-28H. The number of fused-ring (bicyclic) bond motifs is 4. The fourth-order valence-corrected chi connectivity index (χ4v) is 7.07. The Bertz CT molecular complexity index is 2560. The summed E-state index contributed by atoms with van der Waals surface area (Å²) in [5, 5.41) is 9.92. The van der Waals surface area contributed by atoms with Crippen molar-refractivity contribution in [3.8, 4) is 44.6 Å². The normalized spacial score (nSPS) is 11.5. The molecule has 7 aromatic carbocycles. The average Bonchev–Trinajstić information content (AvgIpc) is 3.14. The summed E-state index contributed by atoms with van der Waals surface area (Å²) in [4.78, 5) is 9.23. The minimum Gasteiger partial charge on any atom is -0.264 e. The van der Waals surface area contributed by atoms with Crippen LogP contribution in [0.5, 0.6) is 0 Å². The molecular formula is C44H28N2. The molecule has 2 nitrogen and oxygen atoms in total. The number of nitrogens with zero attached hydrogens (tertiary/aromatic N) is 2. The molecular weight excluding hydrogens is 556 g/mol. The van der Waals surface area contributed by atoms with E-state index in [1.54, 1.807) is 6.20 Å². The SMILES string of the molecule is c1cncc(-c2ccc(-c3ccc4c(-c5cccc6ccccc56)c5ccccc5c(-c5cccc6ccccc56)c4c3)nc2)c1. The fraction of sp³-hybridized carbons (Fsp3) is 0. The second-order valence-electron chi connectivity index (χ2n) is 11.8. The lowest BCUT2D eigenvalue weighted by molar-refractivity contribution is 1.30. The van der Waals surface area contributed by atoms with E-state index in [4.69, 9.17) is 4.98 Å². The van der Waals surface area contributed by atoms with Crippen molar-refractivity contribution in [1.82, 2.24) is 9.97 Å². The first-order valence-electron chi connectivity index (χ1n) is 15.6. The van der Waals surface area contributed by atoms with Gasteiger partial charge in [0.15, 0.2) is 0 Å². The van der Waals surface area contributed by atoms with Gasteiger partial charge in [0.2, 0.25) is 0 Å². The summed E-state index contributed by atoms with van der Waals surface area (Å²) in [6, 6.07) is 54.8. The highest BCUT2D eigenvalue weighted by molar-refractivity contribution is 6.25. The first-order valence-corrected chi connectivity index (χ1v) is 15.6. The Morgan fingerprint density at radius 2 is 0.891 bits per heavy atom. The van der Waals surface area contributed by atoms with Crippen molar-refractivity contribution in [3.63, 3.8) is 0 Å². The lowest BCUT2D eigenvalue weighted by atomic mass is 9.83. The van der Waals surface area contributed by atoms with Crippen LogP contribution in [0, 0.1) is 0 Å². The fourth-order valence-electron chi connectivity index (χ4n) is 7.07. The zero-order valence-corrected chi connectivity index (χ0v) is 25.1. The van der Waals surface area contributed by atoms with Crippen LogP contribution >= 0.6 is 0 Å². The van der Waals surface area contributed by atoms with Gasteiger partial charge < -0.3 is 0 Å². The van der Waals surface area contributed by atoms with Gasteiger partial charge in [0.1, 0.15) is 0 Å². The van der Waals surface area contributed by atoms with Gasteiger partial charge in [-0.1, -0.05) is 133 Å². The highest BCUT2D eigenvalue weighted by Crippen LogP contribution is 2.47. The summed E-state index contributed by atoms with van der Waals surface area (Å²) in [7, 11) is 0. The van der Waals surface area contributed by atoms with Gasteiger partial charge in [-0.25, -0.2) is 0 Å². The molecule has 0 bridgehead atoms. The van der Waals surface area contributed by atoms with Gasteiger partial charge in [0.05, 0.1) is 5.69 Å². The summed E-state index contributed by atoms with van der Waals surface area (Å²) in [6.07, 6.45) is 5.62. The minimum absolute atomic E-state index is 0.943. The van der Waals surface area contributed by atoms with Crippen LogP contribution in [0.3, 0.4) is 0 Å². The van der Waals surface area contributed by atoms with Crippen LogP contribution in [0.2, 0.25) is 0 Å². The van der Waals surface area contributed by atoms with Crippen LogP contribution < -0.4 is 0 Å². The summed E-state index contributed by atoms with van der Waals surface area (Å²) in [5.41, 5.74) is 9.14. The summed E-state index contributed by atoms with van der Waals surface area (Å²) in [6.45, 7) is 0. The van der Waals surface area contributed by atoms with E-state index in [9.17, 15) is 0 Å². The molecule has 0 saturated heterocycles. The van der Waals surface area contributed by atoms with Crippen molar-refractivity contribution in [2.75, 3.05) is 0 Å². The topological polar surface area (TPSA) is 25.8 Å². The molecule has 0 unspecified atom stereocenters. The Morgan fingerprint density at radius 1 is 0.348 bits per heavy atom. The van der Waals surface area contributed by atoms with E-state index in [-0.39, 0.29) is 0 Å². The average molecular weight is 585 g/mol. The maximum atomic E-state index is 4.94. The zero-order valence-electron chi connectivity index (χ0n) is 25.1. The molecule has 0 aliphatic rings. The molecule has 0 N–H and O–H groups in total. The molecule has 0 amide bonds. The predicted octanol–water partition coefficient (Wildman–Crippen LogP) is 11.8. The summed E-state index contributed by atoms with van der Waals surface area (Å²) in [5.74, 6) is 0. The molecule has 2 heteroatoms. The molecule has 0 aliphatic heterocycles. The number of hydrogen-bond donors (Lipinski definition) is 0. The number of hydrogen-bond acceptors (Lipinski definition) is 2. The third kappa shape index (κ3) is 4.27. The van der Waals surface area contributed by atoms with Gasteiger partial charge >= 0.3 is 0 Å². The van der Waals surface area contributed by atoms with Crippen molar-refractivity contribution < 1.29 is 0 Å². The molecule has 46 heavy (non-hydrogen) atoms. The van der Waals surface area contributed by atoms with Crippen LogP contribution in [-0.4, -0.2) is 9.97 Å². The van der Waals surface area contributed by atoms with Crippen LogP contribution in [0.1, 0.15) is 0 Å². The van der Waals surface area contributed by atoms with E-state index in [2.05, 4.69) is 151 Å². The number of benzene rings is 7. The Kier molecular flexibility index (Phi) is 6.17. The highest BCUT2D eigenvalue weighted by Gasteiger charge is 2.20. The third-order valence-corrected chi connectivity index (χ3v) is 9.20. The van der Waals surface area contributed by atoms with Crippen LogP contribution in [0.4, 0.5) is 0 Å². The Balaban J connectivity index is 1.38. The maximum Gasteiger partial charge on any atom is 0.0702 e. The summed E-state index contributed by atoms with van der Waals surface area (Å²) >= 11 is 0. The van der Waals surface area contributed by atoms with Crippen molar-refractivity contribution in [1.29, 1.82) is 0 Å². The molecule has 0 radical (unpaired) electrons. The van der Waals surface area contributed by atoms with Gasteiger partial charge in [-0.2, -0.15) is 0 Å². The van der Waals surface area contributed by atoms with Crippen molar-refractivity contribution in [2.45, 2.75) is 0 Å². The van der Waals surface area contributed by atoms with Gasteiger partial charge in [-0.15, -0.1) is 0 Å². The van der Waals surface area contributed by atoms with E-state index < -0.39 is 0 Å². The molecule has 2 aromatic heterocycles. The van der Waals surface area contributed by atoms with Crippen LogP contribution in [-0.2, 0) is 0 Å². The Morgan fingerprint density at radius 3 is 1.50 bits per heavy atom. The molecule has 0 spiro atoms. The number of pyridine rings is 2.